The maximum Gasteiger partial charge on any atom is 0.254 e. The number of rotatable bonds is 1. The van der Waals surface area contributed by atoms with Crippen LogP contribution in [0.2, 0.25) is 5.02 Å². The lowest BCUT2D eigenvalue weighted by molar-refractivity contribution is 0.0553. The summed E-state index contributed by atoms with van der Waals surface area (Å²) in [4.78, 5) is 14.9. The third-order valence-corrected chi connectivity index (χ3v) is 5.20. The molecule has 0 saturated carbocycles. The number of carbonyl (C=O) groups is 1. The van der Waals surface area contributed by atoms with Gasteiger partial charge in [0, 0.05) is 29.1 Å². The van der Waals surface area contributed by atoms with E-state index in [1.165, 1.54) is 12.0 Å². The summed E-state index contributed by atoms with van der Waals surface area (Å²) in [5.74, 6) is 0.456. The van der Waals surface area contributed by atoms with Gasteiger partial charge in [-0.25, -0.2) is 0 Å². The number of piperidine rings is 1. The number of nitrogens with zero attached hydrogens (tertiary/aromatic N) is 1. The minimum atomic E-state index is 0.200. The van der Waals surface area contributed by atoms with E-state index in [1.807, 2.05) is 30.3 Å². The van der Waals surface area contributed by atoms with Crippen molar-refractivity contribution in [1.82, 2.24) is 4.90 Å². The zero-order valence-corrected chi connectivity index (χ0v) is 13.1. The summed E-state index contributed by atoms with van der Waals surface area (Å²) in [6.45, 7) is 0.877. The molecule has 2 atom stereocenters. The Kier molecular flexibility index (Phi) is 3.42. The normalized spacial score (nSPS) is 23.9. The van der Waals surface area contributed by atoms with E-state index in [4.69, 9.17) is 11.6 Å². The topological polar surface area (TPSA) is 20.3 Å². The Morgan fingerprint density at radius 2 is 1.77 bits per heavy atom. The zero-order chi connectivity index (χ0) is 15.1. The van der Waals surface area contributed by atoms with Gasteiger partial charge < -0.3 is 4.90 Å². The average Bonchev–Trinajstić information content (AvgIpc) is 2.57. The zero-order valence-electron chi connectivity index (χ0n) is 12.3. The van der Waals surface area contributed by atoms with Gasteiger partial charge in [-0.3, -0.25) is 4.79 Å². The van der Waals surface area contributed by atoms with E-state index < -0.39 is 0 Å². The van der Waals surface area contributed by atoms with Crippen molar-refractivity contribution in [3.8, 4) is 0 Å². The highest BCUT2D eigenvalue weighted by molar-refractivity contribution is 6.30. The Bertz CT molecular complexity index is 710. The molecule has 2 aromatic rings. The van der Waals surface area contributed by atoms with Gasteiger partial charge in [-0.2, -0.15) is 0 Å². The number of carbonyl (C=O) groups excluding carboxylic acids is 1. The summed E-state index contributed by atoms with van der Waals surface area (Å²) < 4.78 is 0. The van der Waals surface area contributed by atoms with E-state index in [1.54, 1.807) is 0 Å². The first-order valence-corrected chi connectivity index (χ1v) is 8.29. The van der Waals surface area contributed by atoms with Crippen LogP contribution in [0.25, 0.3) is 0 Å². The fourth-order valence-corrected chi connectivity index (χ4v) is 4.08. The monoisotopic (exact) mass is 311 g/mol. The number of amides is 1. The van der Waals surface area contributed by atoms with Crippen LogP contribution >= 0.6 is 11.6 Å². The lowest BCUT2D eigenvalue weighted by atomic mass is 9.75. The molecular weight excluding hydrogens is 294 g/mol. The van der Waals surface area contributed by atoms with Crippen molar-refractivity contribution in [3.05, 3.63) is 70.2 Å². The van der Waals surface area contributed by atoms with Crippen LogP contribution in [-0.4, -0.2) is 23.4 Å². The van der Waals surface area contributed by atoms with Crippen LogP contribution in [0.5, 0.6) is 0 Å². The molecule has 0 bridgehead atoms. The largest absolute Gasteiger partial charge is 0.335 e. The number of fused-ring (bicyclic) bond motifs is 2. The molecule has 2 heterocycles. The molecule has 1 saturated heterocycles. The van der Waals surface area contributed by atoms with Gasteiger partial charge in [0.25, 0.3) is 5.91 Å². The number of hydrogen-bond acceptors (Lipinski definition) is 1. The van der Waals surface area contributed by atoms with Crippen LogP contribution in [-0.2, 0) is 0 Å². The molecule has 22 heavy (non-hydrogen) atoms. The minimum Gasteiger partial charge on any atom is -0.335 e. The molecule has 4 rings (SSSR count). The standard InChI is InChI=1S/C19H18ClNO/c20-14-10-8-13(9-11-14)18-15-5-1-2-6-16(15)19(22)21-12-4-3-7-17(18)21/h1-2,5-6,8-11,17-18H,3-4,7,12H2. The fourth-order valence-electron chi connectivity index (χ4n) is 3.95. The minimum absolute atomic E-state index is 0.200. The summed E-state index contributed by atoms with van der Waals surface area (Å²) >= 11 is 6.05. The Morgan fingerprint density at radius 3 is 2.59 bits per heavy atom. The van der Waals surface area contributed by atoms with Crippen LogP contribution in [0.4, 0.5) is 0 Å². The van der Waals surface area contributed by atoms with E-state index in [9.17, 15) is 4.79 Å². The second-order valence-electron chi connectivity index (χ2n) is 6.18. The lowest BCUT2D eigenvalue weighted by Gasteiger charge is -2.45. The van der Waals surface area contributed by atoms with Crippen LogP contribution < -0.4 is 0 Å². The van der Waals surface area contributed by atoms with Crippen molar-refractivity contribution in [2.45, 2.75) is 31.2 Å². The summed E-state index contributed by atoms with van der Waals surface area (Å²) in [6.07, 6.45) is 3.38. The molecule has 0 aliphatic carbocycles. The van der Waals surface area contributed by atoms with Gasteiger partial charge in [0.15, 0.2) is 0 Å². The van der Waals surface area contributed by atoms with Crippen molar-refractivity contribution >= 4 is 17.5 Å². The van der Waals surface area contributed by atoms with Gasteiger partial charge in [0.05, 0.1) is 0 Å². The molecule has 2 unspecified atom stereocenters. The van der Waals surface area contributed by atoms with E-state index in [0.29, 0.717) is 0 Å². The molecule has 0 radical (unpaired) electrons. The summed E-state index contributed by atoms with van der Waals surface area (Å²) in [5.41, 5.74) is 3.28. The van der Waals surface area contributed by atoms with Gasteiger partial charge in [-0.1, -0.05) is 41.9 Å². The molecule has 1 fully saturated rings. The molecule has 2 aliphatic rings. The van der Waals surface area contributed by atoms with Crippen LogP contribution in [0.3, 0.4) is 0 Å². The van der Waals surface area contributed by atoms with E-state index in [0.717, 1.165) is 35.5 Å². The maximum absolute atomic E-state index is 12.8. The predicted octanol–water partition coefficient (Wildman–Crippen LogP) is 4.48. The molecule has 1 amide bonds. The summed E-state index contributed by atoms with van der Waals surface area (Å²) in [5, 5.41) is 0.754. The molecule has 3 heteroatoms. The molecule has 2 nitrogen and oxygen atoms in total. The second-order valence-corrected chi connectivity index (χ2v) is 6.61. The first-order chi connectivity index (χ1) is 10.8. The van der Waals surface area contributed by atoms with Crippen molar-refractivity contribution < 1.29 is 4.79 Å². The van der Waals surface area contributed by atoms with E-state index in [-0.39, 0.29) is 17.9 Å². The van der Waals surface area contributed by atoms with E-state index >= 15 is 0 Å². The third-order valence-electron chi connectivity index (χ3n) is 4.95. The third kappa shape index (κ3) is 2.14. The molecule has 0 spiro atoms. The van der Waals surface area contributed by atoms with Crippen molar-refractivity contribution in [3.63, 3.8) is 0 Å². The highest BCUT2D eigenvalue weighted by Crippen LogP contribution is 2.41. The molecule has 2 aliphatic heterocycles. The molecule has 2 aromatic carbocycles. The van der Waals surface area contributed by atoms with Gasteiger partial charge >= 0.3 is 0 Å². The molecule has 0 aromatic heterocycles. The first-order valence-electron chi connectivity index (χ1n) is 7.91. The number of hydrogen-bond donors (Lipinski definition) is 0. The molecule has 112 valence electrons. The average molecular weight is 312 g/mol. The fraction of sp³-hybridized carbons (Fsp3) is 0.316. The predicted molar refractivity (Wildman–Crippen MR) is 88.4 cm³/mol. The van der Waals surface area contributed by atoms with Crippen LogP contribution in [0.15, 0.2) is 48.5 Å². The number of halogens is 1. The van der Waals surface area contributed by atoms with E-state index in [2.05, 4.69) is 23.1 Å². The summed E-state index contributed by atoms with van der Waals surface area (Å²) in [7, 11) is 0. The first kappa shape index (κ1) is 13.8. The Hall–Kier alpha value is -1.80. The highest BCUT2D eigenvalue weighted by atomic mass is 35.5. The Balaban J connectivity index is 1.88. The second kappa shape index (κ2) is 5.44. The van der Waals surface area contributed by atoms with Crippen molar-refractivity contribution in [1.29, 1.82) is 0 Å². The smallest absolute Gasteiger partial charge is 0.254 e. The van der Waals surface area contributed by atoms with Crippen molar-refractivity contribution in [2.24, 2.45) is 0 Å². The van der Waals surface area contributed by atoms with Gasteiger partial charge in [0.2, 0.25) is 0 Å². The molecule has 0 N–H and O–H groups in total. The Labute approximate surface area is 135 Å². The Morgan fingerprint density at radius 1 is 1.00 bits per heavy atom. The number of benzene rings is 2. The van der Waals surface area contributed by atoms with Gasteiger partial charge in [-0.15, -0.1) is 0 Å². The quantitative estimate of drug-likeness (QED) is 0.760. The lowest BCUT2D eigenvalue weighted by Crippen LogP contribution is -2.50. The van der Waals surface area contributed by atoms with Crippen LogP contribution in [0, 0.1) is 0 Å². The SMILES string of the molecule is O=C1c2ccccc2C(c2ccc(Cl)cc2)C2CCCCN12. The summed E-state index contributed by atoms with van der Waals surface area (Å²) in [6, 6.07) is 16.4. The van der Waals surface area contributed by atoms with Gasteiger partial charge in [-0.05, 0) is 48.6 Å². The molecular formula is C19H18ClNO. The van der Waals surface area contributed by atoms with Gasteiger partial charge in [0.1, 0.15) is 0 Å². The van der Waals surface area contributed by atoms with Crippen LogP contribution in [0.1, 0.15) is 46.7 Å². The maximum atomic E-state index is 12.8. The highest BCUT2D eigenvalue weighted by Gasteiger charge is 2.41. The van der Waals surface area contributed by atoms with Crippen molar-refractivity contribution in [2.75, 3.05) is 6.54 Å².